The minimum Gasteiger partial charge on any atom is -0.479 e. The van der Waals surface area contributed by atoms with Crippen LogP contribution >= 0.6 is 23.2 Å². The number of halogens is 2. The van der Waals surface area contributed by atoms with Crippen molar-refractivity contribution in [2.24, 2.45) is 0 Å². The Hall–Kier alpha value is -2.04. The number of hydrogen-bond acceptors (Lipinski definition) is 2. The molecule has 2 aromatic carbocycles. The highest BCUT2D eigenvalue weighted by molar-refractivity contribution is 6.35. The van der Waals surface area contributed by atoms with Crippen molar-refractivity contribution in [2.45, 2.75) is 6.04 Å². The summed E-state index contributed by atoms with van der Waals surface area (Å²) in [6, 6.07) is 11.6. The number of carbonyl (C=O) groups is 2. The maximum absolute atomic E-state index is 12.1. The van der Waals surface area contributed by atoms with Crippen LogP contribution in [0.25, 0.3) is 0 Å². The number of aliphatic carboxylic acids is 1. The van der Waals surface area contributed by atoms with E-state index < -0.39 is 17.9 Å². The van der Waals surface area contributed by atoms with E-state index in [1.54, 1.807) is 30.3 Å². The molecule has 0 aliphatic carbocycles. The fourth-order valence-corrected chi connectivity index (χ4v) is 2.36. The van der Waals surface area contributed by atoms with Gasteiger partial charge in [0.05, 0.1) is 0 Å². The molecule has 2 N–H and O–H groups in total. The molecule has 0 heterocycles. The lowest BCUT2D eigenvalue weighted by molar-refractivity contribution is -0.139. The van der Waals surface area contributed by atoms with E-state index in [1.165, 1.54) is 18.2 Å². The molecule has 2 rings (SSSR count). The highest BCUT2D eigenvalue weighted by Gasteiger charge is 2.22. The molecule has 21 heavy (non-hydrogen) atoms. The van der Waals surface area contributed by atoms with Crippen molar-refractivity contribution in [3.8, 4) is 0 Å². The standard InChI is InChI=1S/C15H11Cl2NO3/c16-11-6-10(7-12(17)8-11)14(19)18-13(15(20)21)9-4-2-1-3-5-9/h1-8,13H,(H,18,19)(H,20,21)/t13-/m0/s1. The highest BCUT2D eigenvalue weighted by Crippen LogP contribution is 2.20. The molecule has 0 spiro atoms. The van der Waals surface area contributed by atoms with Crippen LogP contribution in [0.3, 0.4) is 0 Å². The number of nitrogens with one attached hydrogen (secondary N) is 1. The van der Waals surface area contributed by atoms with Gasteiger partial charge in [-0.1, -0.05) is 53.5 Å². The number of amides is 1. The van der Waals surface area contributed by atoms with E-state index in [9.17, 15) is 14.7 Å². The Bertz CT molecular complexity index is 654. The summed E-state index contributed by atoms with van der Waals surface area (Å²) >= 11 is 11.7. The van der Waals surface area contributed by atoms with Crippen LogP contribution in [0, 0.1) is 0 Å². The van der Waals surface area contributed by atoms with Crippen LogP contribution in [-0.2, 0) is 4.79 Å². The minimum absolute atomic E-state index is 0.203. The molecule has 0 aliphatic heterocycles. The largest absolute Gasteiger partial charge is 0.479 e. The average molecular weight is 324 g/mol. The maximum atomic E-state index is 12.1. The van der Waals surface area contributed by atoms with E-state index in [1.807, 2.05) is 0 Å². The second kappa shape index (κ2) is 6.61. The molecule has 0 aromatic heterocycles. The molecule has 4 nitrogen and oxygen atoms in total. The smallest absolute Gasteiger partial charge is 0.330 e. The summed E-state index contributed by atoms with van der Waals surface area (Å²) in [5.41, 5.74) is 0.682. The Kier molecular flexibility index (Phi) is 4.83. The van der Waals surface area contributed by atoms with Crippen molar-refractivity contribution < 1.29 is 14.7 Å². The van der Waals surface area contributed by atoms with Crippen LogP contribution in [0.5, 0.6) is 0 Å². The Morgan fingerprint density at radius 2 is 1.57 bits per heavy atom. The average Bonchev–Trinajstić information content (AvgIpc) is 2.44. The van der Waals surface area contributed by atoms with Gasteiger partial charge in [0.2, 0.25) is 0 Å². The summed E-state index contributed by atoms with van der Waals surface area (Å²) in [6.07, 6.45) is 0. The molecule has 108 valence electrons. The molecule has 2 aromatic rings. The Labute approximate surface area is 131 Å². The van der Waals surface area contributed by atoms with Gasteiger partial charge in [-0.3, -0.25) is 4.79 Å². The zero-order chi connectivity index (χ0) is 15.4. The van der Waals surface area contributed by atoms with Gasteiger partial charge in [0.15, 0.2) is 6.04 Å². The van der Waals surface area contributed by atoms with Crippen molar-refractivity contribution in [2.75, 3.05) is 0 Å². The van der Waals surface area contributed by atoms with Crippen LogP contribution < -0.4 is 5.32 Å². The Balaban J connectivity index is 2.25. The minimum atomic E-state index is -1.15. The molecule has 0 saturated heterocycles. The van der Waals surface area contributed by atoms with E-state index >= 15 is 0 Å². The van der Waals surface area contributed by atoms with Gasteiger partial charge in [-0.2, -0.15) is 0 Å². The predicted octanol–water partition coefficient (Wildman–Crippen LogP) is 3.55. The Morgan fingerprint density at radius 1 is 1.00 bits per heavy atom. The van der Waals surface area contributed by atoms with Gasteiger partial charge in [-0.15, -0.1) is 0 Å². The van der Waals surface area contributed by atoms with E-state index in [4.69, 9.17) is 23.2 Å². The lowest BCUT2D eigenvalue weighted by Crippen LogP contribution is -2.33. The van der Waals surface area contributed by atoms with Gasteiger partial charge in [-0.25, -0.2) is 4.79 Å². The summed E-state index contributed by atoms with van der Waals surface area (Å²) in [5.74, 6) is -1.71. The van der Waals surface area contributed by atoms with E-state index in [0.717, 1.165) is 0 Å². The fraction of sp³-hybridized carbons (Fsp3) is 0.0667. The van der Waals surface area contributed by atoms with Gasteiger partial charge >= 0.3 is 5.97 Å². The molecule has 0 radical (unpaired) electrons. The van der Waals surface area contributed by atoms with Crippen LogP contribution in [0.1, 0.15) is 22.0 Å². The van der Waals surface area contributed by atoms with E-state index in [2.05, 4.69) is 5.32 Å². The first kappa shape index (κ1) is 15.4. The second-order valence-corrected chi connectivity index (χ2v) is 5.19. The number of hydrogen-bond donors (Lipinski definition) is 2. The molecule has 0 saturated carbocycles. The van der Waals surface area contributed by atoms with Gasteiger partial charge in [0.1, 0.15) is 0 Å². The normalized spacial score (nSPS) is 11.7. The van der Waals surface area contributed by atoms with Crippen molar-refractivity contribution in [1.29, 1.82) is 0 Å². The van der Waals surface area contributed by atoms with Crippen LogP contribution in [-0.4, -0.2) is 17.0 Å². The summed E-state index contributed by atoms with van der Waals surface area (Å²) in [5, 5.41) is 12.3. The summed E-state index contributed by atoms with van der Waals surface area (Å²) in [4.78, 5) is 23.5. The lowest BCUT2D eigenvalue weighted by Gasteiger charge is -2.15. The third-order valence-corrected chi connectivity index (χ3v) is 3.22. The first-order valence-electron chi connectivity index (χ1n) is 6.02. The van der Waals surface area contributed by atoms with Gasteiger partial charge in [-0.05, 0) is 23.8 Å². The van der Waals surface area contributed by atoms with Crippen LogP contribution in [0.15, 0.2) is 48.5 Å². The van der Waals surface area contributed by atoms with Crippen LogP contribution in [0.4, 0.5) is 0 Å². The zero-order valence-corrected chi connectivity index (χ0v) is 12.2. The molecular weight excluding hydrogens is 313 g/mol. The number of carboxylic acid groups (broad SMARTS) is 1. The summed E-state index contributed by atoms with van der Waals surface area (Å²) in [7, 11) is 0. The number of carbonyl (C=O) groups excluding carboxylic acids is 1. The highest BCUT2D eigenvalue weighted by atomic mass is 35.5. The molecule has 0 unspecified atom stereocenters. The van der Waals surface area contributed by atoms with Gasteiger partial charge < -0.3 is 10.4 Å². The molecule has 0 aliphatic rings. The van der Waals surface area contributed by atoms with E-state index in [-0.39, 0.29) is 5.56 Å². The molecular formula is C15H11Cl2NO3. The van der Waals surface area contributed by atoms with Crippen molar-refractivity contribution in [3.05, 3.63) is 69.7 Å². The first-order chi connectivity index (χ1) is 9.97. The quantitative estimate of drug-likeness (QED) is 0.904. The second-order valence-electron chi connectivity index (χ2n) is 4.31. The fourth-order valence-electron chi connectivity index (χ4n) is 1.83. The molecule has 0 fully saturated rings. The van der Waals surface area contributed by atoms with Crippen molar-refractivity contribution in [1.82, 2.24) is 5.32 Å². The number of carboxylic acids is 1. The predicted molar refractivity (Wildman–Crippen MR) is 80.7 cm³/mol. The third kappa shape index (κ3) is 3.97. The van der Waals surface area contributed by atoms with Crippen LogP contribution in [0.2, 0.25) is 10.0 Å². The van der Waals surface area contributed by atoms with E-state index in [0.29, 0.717) is 15.6 Å². The first-order valence-corrected chi connectivity index (χ1v) is 6.77. The van der Waals surface area contributed by atoms with Gasteiger partial charge in [0, 0.05) is 15.6 Å². The molecule has 1 amide bonds. The summed E-state index contributed by atoms with van der Waals surface area (Å²) in [6.45, 7) is 0. The third-order valence-electron chi connectivity index (χ3n) is 2.78. The molecule has 6 heteroatoms. The summed E-state index contributed by atoms with van der Waals surface area (Å²) < 4.78 is 0. The topological polar surface area (TPSA) is 66.4 Å². The maximum Gasteiger partial charge on any atom is 0.330 e. The lowest BCUT2D eigenvalue weighted by atomic mass is 10.1. The molecule has 1 atom stereocenters. The van der Waals surface area contributed by atoms with Gasteiger partial charge in [0.25, 0.3) is 5.91 Å². The molecule has 0 bridgehead atoms. The van der Waals surface area contributed by atoms with Crippen molar-refractivity contribution >= 4 is 35.1 Å². The Morgan fingerprint density at radius 3 is 2.10 bits per heavy atom. The van der Waals surface area contributed by atoms with Crippen molar-refractivity contribution in [3.63, 3.8) is 0 Å². The number of rotatable bonds is 4. The monoisotopic (exact) mass is 323 g/mol. The zero-order valence-electron chi connectivity index (χ0n) is 10.7. The SMILES string of the molecule is O=C(N[C@H](C(=O)O)c1ccccc1)c1cc(Cl)cc(Cl)c1. The number of benzene rings is 2.